The van der Waals surface area contributed by atoms with Crippen LogP contribution in [-0.4, -0.2) is 39.0 Å². The van der Waals surface area contributed by atoms with Crippen molar-refractivity contribution in [2.24, 2.45) is 5.90 Å². The Morgan fingerprint density at radius 3 is 1.93 bits per heavy atom. The number of non-ortho nitro benzene ring substituents is 1. The molecule has 0 bridgehead atoms. The Hall–Kier alpha value is -4.88. The van der Waals surface area contributed by atoms with Gasteiger partial charge in [0.25, 0.3) is 17.5 Å². The van der Waals surface area contributed by atoms with Crippen molar-refractivity contribution in [2.75, 3.05) is 0 Å². The largest absolute Gasteiger partial charge is 0.425 e. The van der Waals surface area contributed by atoms with Crippen molar-refractivity contribution in [1.82, 2.24) is 20.8 Å². The van der Waals surface area contributed by atoms with Gasteiger partial charge in [-0.2, -0.15) is 5.90 Å². The van der Waals surface area contributed by atoms with Crippen molar-refractivity contribution in [1.29, 1.82) is 0 Å². The average molecular weight is 615 g/mol. The van der Waals surface area contributed by atoms with Crippen LogP contribution in [0.1, 0.15) is 95.7 Å². The number of nitrogens with one attached hydrogen (secondary N) is 2. The topological polar surface area (TPSA) is 185 Å². The predicted molar refractivity (Wildman–Crippen MR) is 162 cm³/mol. The molecule has 0 aliphatic heterocycles. The number of nitro benzene ring substituents is 1. The van der Waals surface area contributed by atoms with Crippen molar-refractivity contribution in [3.05, 3.63) is 93.7 Å². The summed E-state index contributed by atoms with van der Waals surface area (Å²) >= 11 is 0. The molecule has 0 atom stereocenters. The van der Waals surface area contributed by atoms with Gasteiger partial charge in [0.2, 0.25) is 11.8 Å². The van der Waals surface area contributed by atoms with Crippen LogP contribution in [0.15, 0.2) is 65.1 Å². The molecule has 3 aromatic carbocycles. The van der Waals surface area contributed by atoms with E-state index in [1.54, 1.807) is 0 Å². The smallest absolute Gasteiger partial charge is 0.274 e. The van der Waals surface area contributed by atoms with E-state index in [2.05, 4.69) is 30.7 Å². The molecule has 0 spiro atoms. The first-order chi connectivity index (χ1) is 21.9. The molecule has 2 aliphatic rings. The van der Waals surface area contributed by atoms with Crippen LogP contribution < -0.4 is 21.4 Å². The number of fused-ring (bicyclic) bond motifs is 1. The number of nitrogens with two attached hydrogens (primary N) is 1. The lowest BCUT2D eigenvalue weighted by Crippen LogP contribution is -2.37. The summed E-state index contributed by atoms with van der Waals surface area (Å²) in [5.74, 6) is 5.85. The Morgan fingerprint density at radius 2 is 1.36 bits per heavy atom. The van der Waals surface area contributed by atoms with E-state index in [0.717, 1.165) is 55.4 Å². The predicted octanol–water partition coefficient (Wildman–Crippen LogP) is 5.23. The Kier molecular flexibility index (Phi) is 8.98. The Labute approximate surface area is 258 Å². The molecule has 2 saturated carbocycles. The van der Waals surface area contributed by atoms with Crippen molar-refractivity contribution < 1.29 is 28.8 Å². The van der Waals surface area contributed by atoms with Gasteiger partial charge in [-0.3, -0.25) is 19.7 Å². The SMILES string of the molecule is NOOc1cc(C(=O)NC2CCC(c3nnc(C4CCC(NC(=O)c5ccc6ccccc6c5)CC4)o3)CC2)cc([N+](=O)[O-])c1. The maximum Gasteiger partial charge on any atom is 0.274 e. The van der Waals surface area contributed by atoms with Crippen LogP contribution in [0.3, 0.4) is 0 Å². The molecule has 4 N–H and O–H groups in total. The average Bonchev–Trinajstić information content (AvgIpc) is 3.55. The highest BCUT2D eigenvalue weighted by Gasteiger charge is 2.31. The zero-order valence-electron chi connectivity index (χ0n) is 24.5. The van der Waals surface area contributed by atoms with E-state index in [-0.39, 0.29) is 46.8 Å². The molecule has 4 aromatic rings. The zero-order valence-corrected chi connectivity index (χ0v) is 24.5. The summed E-state index contributed by atoms with van der Waals surface area (Å²) in [5, 5.41) is 28.3. The number of benzene rings is 3. The molecular formula is C32H34N6O7. The fourth-order valence-electron chi connectivity index (χ4n) is 6.34. The summed E-state index contributed by atoms with van der Waals surface area (Å²) in [4.78, 5) is 45.2. The second-order valence-electron chi connectivity index (χ2n) is 11.7. The number of rotatable bonds is 9. The number of hydrogen-bond acceptors (Lipinski definition) is 10. The Morgan fingerprint density at radius 1 is 0.778 bits per heavy atom. The molecule has 0 radical (unpaired) electrons. The molecule has 13 nitrogen and oxygen atoms in total. The van der Waals surface area contributed by atoms with E-state index in [1.165, 1.54) is 12.1 Å². The number of nitrogens with zero attached hydrogens (tertiary/aromatic N) is 3. The van der Waals surface area contributed by atoms with Gasteiger partial charge in [0.1, 0.15) is 0 Å². The van der Waals surface area contributed by atoms with Crippen molar-refractivity contribution in [3.8, 4) is 5.75 Å². The van der Waals surface area contributed by atoms with Crippen LogP contribution in [0.5, 0.6) is 5.75 Å². The molecule has 45 heavy (non-hydrogen) atoms. The quantitative estimate of drug-likeness (QED) is 0.128. The van der Waals surface area contributed by atoms with E-state index in [1.807, 2.05) is 42.5 Å². The minimum atomic E-state index is -0.624. The number of hydrogen-bond donors (Lipinski definition) is 3. The third-order valence-electron chi connectivity index (χ3n) is 8.80. The summed E-state index contributed by atoms with van der Waals surface area (Å²) in [6, 6.07) is 17.4. The van der Waals surface area contributed by atoms with Gasteiger partial charge in [0, 0.05) is 41.1 Å². The fourth-order valence-corrected chi connectivity index (χ4v) is 6.34. The number of carbonyl (C=O) groups excluding carboxylic acids is 2. The first-order valence-electron chi connectivity index (χ1n) is 15.1. The second kappa shape index (κ2) is 13.4. The van der Waals surface area contributed by atoms with Gasteiger partial charge in [0.15, 0.2) is 5.75 Å². The maximum atomic E-state index is 12.9. The van der Waals surface area contributed by atoms with Crippen LogP contribution in [-0.2, 0) is 4.99 Å². The minimum absolute atomic E-state index is 0.0491. The van der Waals surface area contributed by atoms with E-state index in [9.17, 15) is 19.7 Å². The van der Waals surface area contributed by atoms with Crippen LogP contribution in [0.4, 0.5) is 5.69 Å². The first-order valence-corrected chi connectivity index (χ1v) is 15.1. The maximum absolute atomic E-state index is 12.9. The molecule has 13 heteroatoms. The Bertz CT molecular complexity index is 1690. The standard InChI is InChI=1S/C32H34N6O7/c33-45-44-28-17-24(16-27(18-28)38(41)42)30(40)35-26-13-9-21(10-14-26)32-37-36-31(43-32)20-7-11-25(12-8-20)34-29(39)23-6-5-19-3-1-2-4-22(19)15-23/h1-6,15-18,20-21,25-26H,7-14,33H2,(H,34,39)(H,35,40). The van der Waals surface area contributed by atoms with Gasteiger partial charge in [-0.1, -0.05) is 35.3 Å². The number of amides is 2. The molecule has 0 saturated heterocycles. The van der Waals surface area contributed by atoms with Crippen LogP contribution in [0.25, 0.3) is 10.8 Å². The molecule has 2 aliphatic carbocycles. The van der Waals surface area contributed by atoms with E-state index in [0.29, 0.717) is 30.2 Å². The van der Waals surface area contributed by atoms with Crippen LogP contribution >= 0.6 is 0 Å². The normalized spacial score (nSPS) is 21.6. The fraction of sp³-hybridized carbons (Fsp3) is 0.375. The molecule has 2 fully saturated rings. The highest BCUT2D eigenvalue weighted by molar-refractivity contribution is 5.98. The van der Waals surface area contributed by atoms with E-state index < -0.39 is 10.8 Å². The lowest BCUT2D eigenvalue weighted by molar-refractivity contribution is -0.385. The summed E-state index contributed by atoms with van der Waals surface area (Å²) in [6.07, 6.45) is 6.28. The summed E-state index contributed by atoms with van der Waals surface area (Å²) in [5.41, 5.74) is 0.421. The molecule has 1 heterocycles. The summed E-state index contributed by atoms with van der Waals surface area (Å²) < 4.78 is 6.15. The molecule has 6 rings (SSSR count). The van der Waals surface area contributed by atoms with Gasteiger partial charge >= 0.3 is 0 Å². The molecular weight excluding hydrogens is 580 g/mol. The van der Waals surface area contributed by atoms with Gasteiger partial charge in [0.05, 0.1) is 11.0 Å². The van der Waals surface area contributed by atoms with Crippen molar-refractivity contribution in [2.45, 2.75) is 75.3 Å². The number of aromatic nitrogens is 2. The third kappa shape index (κ3) is 7.10. The van der Waals surface area contributed by atoms with Crippen molar-refractivity contribution in [3.63, 3.8) is 0 Å². The van der Waals surface area contributed by atoms with Gasteiger partial charge in [-0.25, -0.2) is 0 Å². The minimum Gasteiger partial charge on any atom is -0.425 e. The lowest BCUT2D eigenvalue weighted by atomic mass is 9.85. The highest BCUT2D eigenvalue weighted by atomic mass is 17.3. The summed E-state index contributed by atoms with van der Waals surface area (Å²) in [7, 11) is 0. The molecule has 1 aromatic heterocycles. The van der Waals surface area contributed by atoms with Gasteiger partial charge in [-0.15, -0.1) is 10.2 Å². The zero-order chi connectivity index (χ0) is 31.3. The summed E-state index contributed by atoms with van der Waals surface area (Å²) in [6.45, 7) is 0. The van der Waals surface area contributed by atoms with E-state index >= 15 is 0 Å². The van der Waals surface area contributed by atoms with Gasteiger partial charge < -0.3 is 19.9 Å². The third-order valence-corrected chi connectivity index (χ3v) is 8.80. The van der Waals surface area contributed by atoms with Gasteiger partial charge in [-0.05, 0) is 80.3 Å². The molecule has 2 amide bonds. The molecule has 0 unspecified atom stereocenters. The number of nitro groups is 1. The monoisotopic (exact) mass is 614 g/mol. The second-order valence-corrected chi connectivity index (χ2v) is 11.7. The Balaban J connectivity index is 0.974. The lowest BCUT2D eigenvalue weighted by Gasteiger charge is -2.28. The van der Waals surface area contributed by atoms with Crippen LogP contribution in [0, 0.1) is 10.1 Å². The molecule has 234 valence electrons. The highest BCUT2D eigenvalue weighted by Crippen LogP contribution is 2.36. The number of carbonyl (C=O) groups is 2. The van der Waals surface area contributed by atoms with Crippen molar-refractivity contribution >= 4 is 28.3 Å². The first kappa shape index (κ1) is 30.2. The van der Waals surface area contributed by atoms with Crippen LogP contribution in [0.2, 0.25) is 0 Å². The van der Waals surface area contributed by atoms with E-state index in [4.69, 9.17) is 10.3 Å².